The fourth-order valence-electron chi connectivity index (χ4n) is 2.36. The number of hydrogen-bond acceptors (Lipinski definition) is 3. The smallest absolute Gasteiger partial charge is 0.270 e. The zero-order valence-corrected chi connectivity index (χ0v) is 11.5. The van der Waals surface area contributed by atoms with Crippen molar-refractivity contribution in [3.8, 4) is 0 Å². The third kappa shape index (κ3) is 3.09. The van der Waals surface area contributed by atoms with Crippen molar-refractivity contribution in [3.05, 3.63) is 35.6 Å². The van der Waals surface area contributed by atoms with Gasteiger partial charge in [0.2, 0.25) is 5.91 Å². The molecule has 0 spiro atoms. The molecular formula is C15H16FN3O2. The second-order valence-electron chi connectivity index (χ2n) is 5.35. The van der Waals surface area contributed by atoms with Crippen molar-refractivity contribution in [2.75, 3.05) is 0 Å². The summed E-state index contributed by atoms with van der Waals surface area (Å²) in [7, 11) is 0. The quantitative estimate of drug-likeness (QED) is 0.915. The van der Waals surface area contributed by atoms with E-state index in [0.717, 1.165) is 12.8 Å². The maximum Gasteiger partial charge on any atom is 0.270 e. The normalized spacial score (nSPS) is 18.0. The molecule has 1 heterocycles. The molecule has 110 valence electrons. The number of carbonyl (C=O) groups excluding carboxylic acids is 2. The predicted molar refractivity (Wildman–Crippen MR) is 74.8 cm³/mol. The molecule has 2 amide bonds. The van der Waals surface area contributed by atoms with Gasteiger partial charge in [-0.25, -0.2) is 9.82 Å². The SMILES string of the molecule is O=C1CCC(C(=O)N(Cc2ccccc2F)C2CC2)=NN1. The number of nitrogens with zero attached hydrogens (tertiary/aromatic N) is 2. The zero-order chi connectivity index (χ0) is 14.8. The number of rotatable bonds is 4. The molecule has 2 aliphatic rings. The van der Waals surface area contributed by atoms with Crippen LogP contribution >= 0.6 is 0 Å². The molecular weight excluding hydrogens is 273 g/mol. The van der Waals surface area contributed by atoms with E-state index < -0.39 is 0 Å². The third-order valence-corrected chi connectivity index (χ3v) is 3.70. The fourth-order valence-corrected chi connectivity index (χ4v) is 2.36. The highest BCUT2D eigenvalue weighted by Gasteiger charge is 2.35. The van der Waals surface area contributed by atoms with E-state index in [1.165, 1.54) is 6.07 Å². The van der Waals surface area contributed by atoms with Gasteiger partial charge >= 0.3 is 0 Å². The van der Waals surface area contributed by atoms with E-state index in [1.54, 1.807) is 23.1 Å². The van der Waals surface area contributed by atoms with Crippen LogP contribution in [0.1, 0.15) is 31.2 Å². The summed E-state index contributed by atoms with van der Waals surface area (Å²) in [5.41, 5.74) is 3.17. The van der Waals surface area contributed by atoms with Gasteiger partial charge in [-0.2, -0.15) is 5.10 Å². The molecule has 0 radical (unpaired) electrons. The van der Waals surface area contributed by atoms with E-state index >= 15 is 0 Å². The number of nitrogens with one attached hydrogen (secondary N) is 1. The first kappa shape index (κ1) is 13.7. The topological polar surface area (TPSA) is 61.8 Å². The minimum atomic E-state index is -0.310. The van der Waals surface area contributed by atoms with E-state index in [0.29, 0.717) is 17.7 Å². The summed E-state index contributed by atoms with van der Waals surface area (Å²) in [5.74, 6) is -0.700. The molecule has 0 atom stereocenters. The van der Waals surface area contributed by atoms with Crippen molar-refractivity contribution >= 4 is 17.5 Å². The van der Waals surface area contributed by atoms with Crippen molar-refractivity contribution in [2.45, 2.75) is 38.3 Å². The highest BCUT2D eigenvalue weighted by Crippen LogP contribution is 2.29. The molecule has 0 unspecified atom stereocenters. The summed E-state index contributed by atoms with van der Waals surface area (Å²) in [6.45, 7) is 0.239. The second-order valence-corrected chi connectivity index (χ2v) is 5.35. The Hall–Kier alpha value is -2.24. The first-order valence-electron chi connectivity index (χ1n) is 7.05. The molecule has 1 aromatic carbocycles. The molecule has 3 rings (SSSR count). The molecule has 1 saturated carbocycles. The van der Waals surface area contributed by atoms with Crippen molar-refractivity contribution < 1.29 is 14.0 Å². The highest BCUT2D eigenvalue weighted by atomic mass is 19.1. The molecule has 1 N–H and O–H groups in total. The zero-order valence-electron chi connectivity index (χ0n) is 11.5. The number of benzene rings is 1. The standard InChI is InChI=1S/C15H16FN3O2/c16-12-4-2-1-3-10(12)9-19(11-5-6-11)15(21)13-7-8-14(20)18-17-13/h1-4,11H,5-9H2,(H,18,20). The van der Waals surface area contributed by atoms with E-state index in [2.05, 4.69) is 10.5 Å². The van der Waals surface area contributed by atoms with Crippen LogP contribution in [0.4, 0.5) is 4.39 Å². The number of hydrazone groups is 1. The average Bonchev–Trinajstić information content (AvgIpc) is 3.31. The molecule has 6 heteroatoms. The molecule has 0 aromatic heterocycles. The minimum absolute atomic E-state index is 0.150. The number of carbonyl (C=O) groups is 2. The van der Waals surface area contributed by atoms with Crippen LogP contribution in [0.5, 0.6) is 0 Å². The van der Waals surface area contributed by atoms with E-state index in [-0.39, 0.29) is 36.6 Å². The fraction of sp³-hybridized carbons (Fsp3) is 0.400. The summed E-state index contributed by atoms with van der Waals surface area (Å²) >= 11 is 0. The Bertz CT molecular complexity index is 611. The van der Waals surface area contributed by atoms with Crippen molar-refractivity contribution in [1.82, 2.24) is 10.3 Å². The van der Waals surface area contributed by atoms with Crippen LogP contribution in [-0.4, -0.2) is 28.5 Å². The van der Waals surface area contributed by atoms with Crippen molar-refractivity contribution in [3.63, 3.8) is 0 Å². The van der Waals surface area contributed by atoms with Crippen LogP contribution in [-0.2, 0) is 16.1 Å². The van der Waals surface area contributed by atoms with Gasteiger partial charge in [0, 0.05) is 31.0 Å². The Morgan fingerprint density at radius 3 is 2.71 bits per heavy atom. The van der Waals surface area contributed by atoms with Crippen LogP contribution < -0.4 is 5.43 Å². The first-order valence-corrected chi connectivity index (χ1v) is 7.05. The minimum Gasteiger partial charge on any atom is -0.330 e. The van der Waals surface area contributed by atoms with Gasteiger partial charge in [0.25, 0.3) is 5.91 Å². The van der Waals surface area contributed by atoms with Crippen molar-refractivity contribution in [2.24, 2.45) is 5.10 Å². The van der Waals surface area contributed by atoms with Crippen LogP contribution in [0.3, 0.4) is 0 Å². The summed E-state index contributed by atoms with van der Waals surface area (Å²) in [4.78, 5) is 25.3. The lowest BCUT2D eigenvalue weighted by Gasteiger charge is -2.24. The monoisotopic (exact) mass is 289 g/mol. The van der Waals surface area contributed by atoms with Gasteiger partial charge in [0.05, 0.1) is 0 Å². The van der Waals surface area contributed by atoms with Gasteiger partial charge in [-0.15, -0.1) is 0 Å². The maximum atomic E-state index is 13.8. The Balaban J connectivity index is 1.77. The molecule has 0 saturated heterocycles. The van der Waals surface area contributed by atoms with Crippen molar-refractivity contribution in [1.29, 1.82) is 0 Å². The highest BCUT2D eigenvalue weighted by molar-refractivity contribution is 6.39. The number of halogens is 1. The van der Waals surface area contributed by atoms with Crippen LogP contribution in [0.25, 0.3) is 0 Å². The Morgan fingerprint density at radius 1 is 1.33 bits per heavy atom. The Morgan fingerprint density at radius 2 is 2.10 bits per heavy atom. The number of amides is 2. The van der Waals surface area contributed by atoms with Crippen LogP contribution in [0.2, 0.25) is 0 Å². The van der Waals surface area contributed by atoms with Crippen LogP contribution in [0.15, 0.2) is 29.4 Å². The van der Waals surface area contributed by atoms with Crippen LogP contribution in [0, 0.1) is 5.82 Å². The molecule has 0 bridgehead atoms. The van der Waals surface area contributed by atoms with Gasteiger partial charge in [0.1, 0.15) is 11.5 Å². The Kier molecular flexibility index (Phi) is 3.68. The van der Waals surface area contributed by atoms with Gasteiger partial charge in [-0.1, -0.05) is 18.2 Å². The lowest BCUT2D eigenvalue weighted by atomic mass is 10.1. The van der Waals surface area contributed by atoms with E-state index in [9.17, 15) is 14.0 Å². The average molecular weight is 289 g/mol. The molecule has 21 heavy (non-hydrogen) atoms. The Labute approximate surface area is 121 Å². The molecule has 1 aliphatic carbocycles. The predicted octanol–water partition coefficient (Wildman–Crippen LogP) is 1.58. The summed E-state index contributed by atoms with van der Waals surface area (Å²) in [6, 6.07) is 6.61. The molecule has 1 aromatic rings. The summed E-state index contributed by atoms with van der Waals surface area (Å²) in [5, 5.41) is 3.84. The lowest BCUT2D eigenvalue weighted by molar-refractivity contribution is -0.125. The molecule has 1 aliphatic heterocycles. The maximum absolute atomic E-state index is 13.8. The first-order chi connectivity index (χ1) is 10.1. The molecule has 1 fully saturated rings. The van der Waals surface area contributed by atoms with E-state index in [1.807, 2.05) is 0 Å². The number of hydrogen-bond donors (Lipinski definition) is 1. The lowest BCUT2D eigenvalue weighted by Crippen LogP contribution is -2.41. The van der Waals surface area contributed by atoms with Gasteiger partial charge < -0.3 is 4.90 Å². The van der Waals surface area contributed by atoms with Gasteiger partial charge in [-0.05, 0) is 18.9 Å². The third-order valence-electron chi connectivity index (χ3n) is 3.70. The largest absolute Gasteiger partial charge is 0.330 e. The second kappa shape index (κ2) is 5.63. The van der Waals surface area contributed by atoms with Gasteiger partial charge in [-0.3, -0.25) is 9.59 Å². The summed E-state index contributed by atoms with van der Waals surface area (Å²) < 4.78 is 13.8. The van der Waals surface area contributed by atoms with E-state index in [4.69, 9.17) is 0 Å². The summed E-state index contributed by atoms with van der Waals surface area (Å²) in [6.07, 6.45) is 2.47. The molecule has 5 nitrogen and oxygen atoms in total. The van der Waals surface area contributed by atoms with Gasteiger partial charge in [0.15, 0.2) is 0 Å².